The lowest BCUT2D eigenvalue weighted by Crippen LogP contribution is -2.39. The standard InChI is InChI=1S/C21H28N4S/c1-3-22-21(23-15-17(2)20-7-6-14-26-20)24-16-18-8-10-19(11-9-18)25-12-4-5-13-25/h4-11,14,17H,3,12-13,15-16H2,1-2H3,(H2,22,23,24). The van der Waals surface area contributed by atoms with E-state index in [0.29, 0.717) is 12.5 Å². The molecule has 26 heavy (non-hydrogen) atoms. The van der Waals surface area contributed by atoms with Gasteiger partial charge in [0.05, 0.1) is 6.54 Å². The molecule has 1 atom stereocenters. The average molecular weight is 369 g/mol. The summed E-state index contributed by atoms with van der Waals surface area (Å²) in [5, 5.41) is 8.93. The van der Waals surface area contributed by atoms with E-state index >= 15 is 0 Å². The van der Waals surface area contributed by atoms with E-state index in [4.69, 9.17) is 4.99 Å². The van der Waals surface area contributed by atoms with Crippen LogP contribution in [0.5, 0.6) is 0 Å². The maximum absolute atomic E-state index is 4.74. The van der Waals surface area contributed by atoms with Gasteiger partial charge in [-0.05, 0) is 36.1 Å². The number of benzene rings is 1. The highest BCUT2D eigenvalue weighted by Crippen LogP contribution is 2.20. The van der Waals surface area contributed by atoms with Gasteiger partial charge in [-0.3, -0.25) is 0 Å². The number of aliphatic imine (C=N–C) groups is 1. The predicted molar refractivity (Wildman–Crippen MR) is 113 cm³/mol. The first-order valence-corrected chi connectivity index (χ1v) is 10.2. The number of anilines is 1. The van der Waals surface area contributed by atoms with E-state index < -0.39 is 0 Å². The van der Waals surface area contributed by atoms with Crippen LogP contribution in [-0.2, 0) is 6.54 Å². The molecule has 0 aliphatic carbocycles. The Morgan fingerprint density at radius 3 is 2.58 bits per heavy atom. The van der Waals surface area contributed by atoms with Gasteiger partial charge in [0, 0.05) is 42.7 Å². The Morgan fingerprint density at radius 2 is 1.92 bits per heavy atom. The van der Waals surface area contributed by atoms with Crippen molar-refractivity contribution in [1.29, 1.82) is 0 Å². The molecule has 138 valence electrons. The van der Waals surface area contributed by atoms with Crippen molar-refractivity contribution in [3.8, 4) is 0 Å². The van der Waals surface area contributed by atoms with Gasteiger partial charge in [-0.25, -0.2) is 4.99 Å². The maximum atomic E-state index is 4.74. The van der Waals surface area contributed by atoms with E-state index in [-0.39, 0.29) is 0 Å². The smallest absolute Gasteiger partial charge is 0.191 e. The van der Waals surface area contributed by atoms with Crippen molar-refractivity contribution in [2.24, 2.45) is 4.99 Å². The summed E-state index contributed by atoms with van der Waals surface area (Å²) in [5.74, 6) is 1.36. The molecule has 0 saturated heterocycles. The SMILES string of the molecule is CCNC(=NCc1ccc(N2CC=CC2)cc1)NCC(C)c1cccs1. The number of hydrogen-bond acceptors (Lipinski definition) is 3. The molecule has 2 heterocycles. The fraction of sp³-hybridized carbons (Fsp3) is 0.381. The molecule has 1 aromatic heterocycles. The summed E-state index contributed by atoms with van der Waals surface area (Å²) < 4.78 is 0. The first-order valence-electron chi connectivity index (χ1n) is 9.30. The quantitative estimate of drug-likeness (QED) is 0.441. The number of nitrogens with zero attached hydrogens (tertiary/aromatic N) is 2. The summed E-state index contributed by atoms with van der Waals surface area (Å²) in [7, 11) is 0. The van der Waals surface area contributed by atoms with Gasteiger partial charge in [-0.2, -0.15) is 0 Å². The highest BCUT2D eigenvalue weighted by atomic mass is 32.1. The molecule has 1 aromatic carbocycles. The Kier molecular flexibility index (Phi) is 6.72. The summed E-state index contributed by atoms with van der Waals surface area (Å²) in [6.45, 7) is 8.78. The van der Waals surface area contributed by atoms with Crippen LogP contribution in [-0.4, -0.2) is 32.1 Å². The zero-order valence-electron chi connectivity index (χ0n) is 15.6. The van der Waals surface area contributed by atoms with Crippen molar-refractivity contribution < 1.29 is 0 Å². The van der Waals surface area contributed by atoms with Crippen LogP contribution in [0, 0.1) is 0 Å². The molecular formula is C21H28N4S. The molecule has 4 nitrogen and oxygen atoms in total. The molecule has 0 spiro atoms. The predicted octanol–water partition coefficient (Wildman–Crippen LogP) is 3.98. The Morgan fingerprint density at radius 1 is 1.15 bits per heavy atom. The summed E-state index contributed by atoms with van der Waals surface area (Å²) in [4.78, 5) is 8.49. The van der Waals surface area contributed by atoms with Gasteiger partial charge >= 0.3 is 0 Å². The van der Waals surface area contributed by atoms with Crippen LogP contribution in [0.1, 0.15) is 30.2 Å². The van der Waals surface area contributed by atoms with Gasteiger partial charge in [-0.1, -0.05) is 37.3 Å². The van der Waals surface area contributed by atoms with Crippen molar-refractivity contribution in [2.75, 3.05) is 31.1 Å². The van der Waals surface area contributed by atoms with Crippen LogP contribution in [0.3, 0.4) is 0 Å². The fourth-order valence-electron chi connectivity index (χ4n) is 2.94. The lowest BCUT2D eigenvalue weighted by atomic mass is 10.1. The molecule has 0 bridgehead atoms. The minimum atomic E-state index is 0.479. The second-order valence-electron chi connectivity index (χ2n) is 6.54. The Bertz CT molecular complexity index is 711. The summed E-state index contributed by atoms with van der Waals surface area (Å²) in [5.41, 5.74) is 2.50. The summed E-state index contributed by atoms with van der Waals surface area (Å²) in [6.07, 6.45) is 4.42. The van der Waals surface area contributed by atoms with Crippen LogP contribution in [0.25, 0.3) is 0 Å². The minimum absolute atomic E-state index is 0.479. The van der Waals surface area contributed by atoms with Gasteiger partial charge in [0.2, 0.25) is 0 Å². The third-order valence-corrected chi connectivity index (χ3v) is 5.59. The monoisotopic (exact) mass is 368 g/mol. The molecule has 0 fully saturated rings. The first-order chi connectivity index (χ1) is 12.8. The molecule has 0 amide bonds. The Labute approximate surface area is 160 Å². The second kappa shape index (κ2) is 9.43. The van der Waals surface area contributed by atoms with Gasteiger partial charge in [0.15, 0.2) is 5.96 Å². The molecule has 2 N–H and O–H groups in total. The molecule has 1 aliphatic heterocycles. The second-order valence-corrected chi connectivity index (χ2v) is 7.51. The number of nitrogens with one attached hydrogen (secondary N) is 2. The molecule has 5 heteroatoms. The molecule has 2 aromatic rings. The fourth-order valence-corrected chi connectivity index (χ4v) is 3.72. The van der Waals surface area contributed by atoms with Gasteiger partial charge in [0.25, 0.3) is 0 Å². The van der Waals surface area contributed by atoms with Crippen LogP contribution in [0.2, 0.25) is 0 Å². The van der Waals surface area contributed by atoms with Crippen LogP contribution < -0.4 is 15.5 Å². The average Bonchev–Trinajstić information content (AvgIpc) is 3.38. The highest BCUT2D eigenvalue weighted by molar-refractivity contribution is 7.10. The lowest BCUT2D eigenvalue weighted by Gasteiger charge is -2.18. The van der Waals surface area contributed by atoms with E-state index in [1.165, 1.54) is 16.1 Å². The number of rotatable bonds is 7. The third-order valence-electron chi connectivity index (χ3n) is 4.49. The van der Waals surface area contributed by atoms with Crippen molar-refractivity contribution in [3.05, 3.63) is 64.4 Å². The zero-order valence-corrected chi connectivity index (χ0v) is 16.4. The third kappa shape index (κ3) is 5.11. The zero-order chi connectivity index (χ0) is 18.2. The first kappa shape index (κ1) is 18.5. The lowest BCUT2D eigenvalue weighted by molar-refractivity contribution is 0.709. The van der Waals surface area contributed by atoms with E-state index in [1.807, 2.05) is 11.3 Å². The van der Waals surface area contributed by atoms with Gasteiger partial charge in [0.1, 0.15) is 0 Å². The molecular weight excluding hydrogens is 340 g/mol. The Balaban J connectivity index is 1.54. The van der Waals surface area contributed by atoms with Crippen LogP contribution in [0.4, 0.5) is 5.69 Å². The van der Waals surface area contributed by atoms with Gasteiger partial charge in [-0.15, -0.1) is 11.3 Å². The molecule has 0 saturated carbocycles. The Hall–Kier alpha value is -2.27. The van der Waals surface area contributed by atoms with Crippen LogP contribution >= 0.6 is 11.3 Å². The number of thiophene rings is 1. The van der Waals surface area contributed by atoms with Crippen molar-refractivity contribution in [2.45, 2.75) is 26.3 Å². The molecule has 1 aliphatic rings. The minimum Gasteiger partial charge on any atom is -0.364 e. The van der Waals surface area contributed by atoms with Crippen molar-refractivity contribution in [3.63, 3.8) is 0 Å². The topological polar surface area (TPSA) is 39.7 Å². The van der Waals surface area contributed by atoms with Crippen molar-refractivity contribution in [1.82, 2.24) is 10.6 Å². The van der Waals surface area contributed by atoms with E-state index in [1.54, 1.807) is 0 Å². The molecule has 0 radical (unpaired) electrons. The number of guanidine groups is 1. The number of hydrogen-bond donors (Lipinski definition) is 2. The summed E-state index contributed by atoms with van der Waals surface area (Å²) in [6, 6.07) is 13.0. The van der Waals surface area contributed by atoms with Crippen LogP contribution in [0.15, 0.2) is 58.9 Å². The molecule has 3 rings (SSSR count). The van der Waals surface area contributed by atoms with Crippen molar-refractivity contribution >= 4 is 23.0 Å². The molecule has 1 unspecified atom stereocenters. The normalized spacial score (nSPS) is 15.3. The maximum Gasteiger partial charge on any atom is 0.191 e. The highest BCUT2D eigenvalue weighted by Gasteiger charge is 2.08. The van der Waals surface area contributed by atoms with E-state index in [2.05, 4.69) is 83.3 Å². The largest absolute Gasteiger partial charge is 0.364 e. The van der Waals surface area contributed by atoms with E-state index in [9.17, 15) is 0 Å². The summed E-state index contributed by atoms with van der Waals surface area (Å²) >= 11 is 1.81. The van der Waals surface area contributed by atoms with E-state index in [0.717, 1.165) is 32.1 Å². The van der Waals surface area contributed by atoms with Gasteiger partial charge < -0.3 is 15.5 Å².